The predicted octanol–water partition coefficient (Wildman–Crippen LogP) is 3.77. The fourth-order valence-electron chi connectivity index (χ4n) is 2.35. The zero-order chi connectivity index (χ0) is 15.5. The quantitative estimate of drug-likeness (QED) is 0.309. The summed E-state index contributed by atoms with van der Waals surface area (Å²) in [5.41, 5.74) is 1.43. The SMILES string of the molecule is CCCC1=CCC(NC(O)CCCCNSC(C)C)C=C1. The topological polar surface area (TPSA) is 44.3 Å². The van der Waals surface area contributed by atoms with Crippen molar-refractivity contribution in [3.63, 3.8) is 0 Å². The monoisotopic (exact) mass is 312 g/mol. The highest BCUT2D eigenvalue weighted by atomic mass is 32.2. The van der Waals surface area contributed by atoms with Gasteiger partial charge in [0, 0.05) is 17.8 Å². The Morgan fingerprint density at radius 3 is 2.81 bits per heavy atom. The number of aliphatic hydroxyl groups is 1. The van der Waals surface area contributed by atoms with Gasteiger partial charge in [0.15, 0.2) is 0 Å². The van der Waals surface area contributed by atoms with Gasteiger partial charge in [0.05, 0.1) is 0 Å². The molecule has 122 valence electrons. The van der Waals surface area contributed by atoms with Crippen LogP contribution >= 0.6 is 11.9 Å². The second-order valence-corrected chi connectivity index (χ2v) is 7.44. The molecule has 0 radical (unpaired) electrons. The number of hydrogen-bond donors (Lipinski definition) is 3. The molecule has 0 aromatic rings. The standard InChI is InChI=1S/C17H32N2OS/c1-4-7-15-9-11-16(12-10-15)19-17(20)8-5-6-13-18-21-14(2)3/h9-11,14,16-20H,4-8,12-13H2,1-3H3. The normalized spacial score (nSPS) is 19.9. The predicted molar refractivity (Wildman–Crippen MR) is 94.3 cm³/mol. The lowest BCUT2D eigenvalue weighted by atomic mass is 9.99. The van der Waals surface area contributed by atoms with Crippen molar-refractivity contribution < 1.29 is 5.11 Å². The minimum atomic E-state index is -0.390. The third kappa shape index (κ3) is 9.35. The van der Waals surface area contributed by atoms with E-state index >= 15 is 0 Å². The maximum atomic E-state index is 10.0. The first-order valence-corrected chi connectivity index (χ1v) is 9.19. The Morgan fingerprint density at radius 2 is 2.19 bits per heavy atom. The molecular formula is C17H32N2OS. The van der Waals surface area contributed by atoms with E-state index in [9.17, 15) is 5.11 Å². The molecule has 0 spiro atoms. The number of hydrogen-bond acceptors (Lipinski definition) is 4. The number of nitrogens with one attached hydrogen (secondary N) is 2. The average molecular weight is 313 g/mol. The highest BCUT2D eigenvalue weighted by Gasteiger charge is 2.12. The lowest BCUT2D eigenvalue weighted by Gasteiger charge is -2.21. The van der Waals surface area contributed by atoms with Crippen LogP contribution in [-0.4, -0.2) is 29.2 Å². The Labute approximate surface area is 134 Å². The van der Waals surface area contributed by atoms with Gasteiger partial charge in [0.25, 0.3) is 0 Å². The summed E-state index contributed by atoms with van der Waals surface area (Å²) in [6.45, 7) is 7.59. The summed E-state index contributed by atoms with van der Waals surface area (Å²) in [4.78, 5) is 0. The van der Waals surface area contributed by atoms with Crippen molar-refractivity contribution >= 4 is 11.9 Å². The maximum Gasteiger partial charge on any atom is 0.105 e. The lowest BCUT2D eigenvalue weighted by Crippen LogP contribution is -2.37. The van der Waals surface area contributed by atoms with Gasteiger partial charge in [-0.2, -0.15) is 0 Å². The van der Waals surface area contributed by atoms with E-state index in [2.05, 4.69) is 49.0 Å². The van der Waals surface area contributed by atoms with E-state index in [1.54, 1.807) is 11.9 Å². The Bertz CT molecular complexity index is 329. The zero-order valence-electron chi connectivity index (χ0n) is 13.8. The van der Waals surface area contributed by atoms with E-state index in [1.807, 2.05) is 0 Å². The van der Waals surface area contributed by atoms with Crippen LogP contribution in [0.3, 0.4) is 0 Å². The van der Waals surface area contributed by atoms with Crippen molar-refractivity contribution in [2.45, 2.75) is 76.8 Å². The van der Waals surface area contributed by atoms with Gasteiger partial charge in [-0.05, 0) is 32.1 Å². The number of allylic oxidation sites excluding steroid dienone is 2. The fourth-order valence-corrected chi connectivity index (χ4v) is 2.95. The Hall–Kier alpha value is -0.290. The molecular weight excluding hydrogens is 280 g/mol. The van der Waals surface area contributed by atoms with E-state index in [0.29, 0.717) is 5.25 Å². The highest BCUT2D eigenvalue weighted by molar-refractivity contribution is 7.97. The summed E-state index contributed by atoms with van der Waals surface area (Å²) >= 11 is 1.78. The lowest BCUT2D eigenvalue weighted by molar-refractivity contribution is 0.117. The molecule has 1 rings (SSSR count). The molecule has 4 heteroatoms. The molecule has 1 aliphatic rings. The average Bonchev–Trinajstić information content (AvgIpc) is 2.45. The Morgan fingerprint density at radius 1 is 1.38 bits per heavy atom. The molecule has 21 heavy (non-hydrogen) atoms. The summed E-state index contributed by atoms with van der Waals surface area (Å²) in [6.07, 6.45) is 12.6. The molecule has 0 saturated heterocycles. The molecule has 0 heterocycles. The van der Waals surface area contributed by atoms with E-state index in [4.69, 9.17) is 0 Å². The van der Waals surface area contributed by atoms with Crippen LogP contribution in [0.4, 0.5) is 0 Å². The summed E-state index contributed by atoms with van der Waals surface area (Å²) in [6, 6.07) is 0.287. The van der Waals surface area contributed by atoms with Gasteiger partial charge in [0.1, 0.15) is 6.23 Å². The number of aliphatic hydroxyl groups excluding tert-OH is 1. The molecule has 0 aromatic carbocycles. The van der Waals surface area contributed by atoms with Gasteiger partial charge < -0.3 is 5.11 Å². The van der Waals surface area contributed by atoms with Gasteiger partial charge in [-0.15, -0.1) is 0 Å². The summed E-state index contributed by atoms with van der Waals surface area (Å²) in [5.74, 6) is 0. The van der Waals surface area contributed by atoms with Crippen LogP contribution in [0.25, 0.3) is 0 Å². The van der Waals surface area contributed by atoms with Gasteiger partial charge >= 0.3 is 0 Å². The van der Waals surface area contributed by atoms with Crippen LogP contribution in [0.1, 0.15) is 59.3 Å². The van der Waals surface area contributed by atoms with E-state index in [1.165, 1.54) is 12.0 Å². The van der Waals surface area contributed by atoms with E-state index in [0.717, 1.165) is 38.6 Å². The molecule has 0 aromatic heterocycles. The maximum absolute atomic E-state index is 10.0. The molecule has 0 amide bonds. The molecule has 3 N–H and O–H groups in total. The van der Waals surface area contributed by atoms with Crippen molar-refractivity contribution in [3.05, 3.63) is 23.8 Å². The van der Waals surface area contributed by atoms with Crippen molar-refractivity contribution in [2.24, 2.45) is 0 Å². The van der Waals surface area contributed by atoms with Gasteiger partial charge in [-0.25, -0.2) is 0 Å². The van der Waals surface area contributed by atoms with Crippen LogP contribution < -0.4 is 10.0 Å². The van der Waals surface area contributed by atoms with E-state index in [-0.39, 0.29) is 6.04 Å². The van der Waals surface area contributed by atoms with Crippen molar-refractivity contribution in [2.75, 3.05) is 6.54 Å². The first-order valence-electron chi connectivity index (χ1n) is 8.31. The molecule has 0 aliphatic heterocycles. The Kier molecular flexibility index (Phi) is 10.1. The van der Waals surface area contributed by atoms with Gasteiger partial charge in [-0.1, -0.05) is 62.9 Å². The second-order valence-electron chi connectivity index (χ2n) is 5.97. The third-order valence-corrected chi connectivity index (χ3v) is 4.29. The van der Waals surface area contributed by atoms with Crippen LogP contribution in [0, 0.1) is 0 Å². The molecule has 0 saturated carbocycles. The van der Waals surface area contributed by atoms with Gasteiger partial charge in [0.2, 0.25) is 0 Å². The largest absolute Gasteiger partial charge is 0.379 e. The molecule has 0 bridgehead atoms. The van der Waals surface area contributed by atoms with Crippen molar-refractivity contribution in [3.8, 4) is 0 Å². The molecule has 1 aliphatic carbocycles. The van der Waals surface area contributed by atoms with Crippen molar-refractivity contribution in [1.82, 2.24) is 10.0 Å². The third-order valence-electron chi connectivity index (χ3n) is 3.45. The second kappa shape index (κ2) is 11.3. The molecule has 0 fully saturated rings. The van der Waals surface area contributed by atoms with Crippen molar-refractivity contribution in [1.29, 1.82) is 0 Å². The summed E-state index contributed by atoms with van der Waals surface area (Å²) in [7, 11) is 0. The van der Waals surface area contributed by atoms with Crippen LogP contribution in [0.15, 0.2) is 23.8 Å². The first kappa shape index (κ1) is 18.8. The fraction of sp³-hybridized carbons (Fsp3) is 0.765. The summed E-state index contributed by atoms with van der Waals surface area (Å²) in [5, 5.41) is 13.9. The van der Waals surface area contributed by atoms with Crippen LogP contribution in [0.5, 0.6) is 0 Å². The zero-order valence-corrected chi connectivity index (χ0v) is 14.6. The molecule has 3 nitrogen and oxygen atoms in total. The minimum Gasteiger partial charge on any atom is -0.379 e. The number of unbranched alkanes of at least 4 members (excludes halogenated alkanes) is 1. The number of rotatable bonds is 11. The first-order chi connectivity index (χ1) is 10.1. The van der Waals surface area contributed by atoms with Crippen LogP contribution in [-0.2, 0) is 0 Å². The smallest absolute Gasteiger partial charge is 0.105 e. The minimum absolute atomic E-state index is 0.287. The Balaban J connectivity index is 2.04. The van der Waals surface area contributed by atoms with Crippen LogP contribution in [0.2, 0.25) is 0 Å². The highest BCUT2D eigenvalue weighted by Crippen LogP contribution is 2.15. The molecule has 2 unspecified atom stereocenters. The van der Waals surface area contributed by atoms with Gasteiger partial charge in [-0.3, -0.25) is 10.0 Å². The summed E-state index contributed by atoms with van der Waals surface area (Å²) < 4.78 is 3.35. The molecule has 2 atom stereocenters. The van der Waals surface area contributed by atoms with E-state index < -0.39 is 6.23 Å².